The zero-order valence-electron chi connectivity index (χ0n) is 12.2. The Hall–Kier alpha value is -1.32. The van der Waals surface area contributed by atoms with E-state index in [4.69, 9.17) is 10.5 Å². The summed E-state index contributed by atoms with van der Waals surface area (Å²) < 4.78 is 6.83. The molecule has 0 amide bonds. The fourth-order valence-corrected chi connectivity index (χ4v) is 3.91. The Morgan fingerprint density at radius 2 is 1.90 bits per heavy atom. The molecule has 0 fully saturated rings. The molecular weight excluding hydrogens is 326 g/mol. The molecule has 2 aromatic carbocycles. The monoisotopic (exact) mass is 345 g/mol. The van der Waals surface area contributed by atoms with Gasteiger partial charge in [0.25, 0.3) is 0 Å². The van der Waals surface area contributed by atoms with Gasteiger partial charge in [-0.05, 0) is 48.9 Å². The van der Waals surface area contributed by atoms with Crippen LogP contribution in [0.4, 0.5) is 0 Å². The number of hydrogen-bond acceptors (Lipinski definition) is 2. The number of nitrogens with two attached hydrogens (primary N) is 1. The Kier molecular flexibility index (Phi) is 4.05. The lowest BCUT2D eigenvalue weighted by Gasteiger charge is -2.34. The van der Waals surface area contributed by atoms with Crippen LogP contribution in [0, 0.1) is 0 Å². The molecule has 2 aromatic rings. The molecule has 0 spiro atoms. The Morgan fingerprint density at radius 3 is 2.71 bits per heavy atom. The van der Waals surface area contributed by atoms with Crippen molar-refractivity contribution in [1.82, 2.24) is 0 Å². The molecule has 2 unspecified atom stereocenters. The van der Waals surface area contributed by atoms with Crippen molar-refractivity contribution in [1.29, 1.82) is 0 Å². The zero-order chi connectivity index (χ0) is 14.9. The van der Waals surface area contributed by atoms with Gasteiger partial charge in [0.1, 0.15) is 5.75 Å². The van der Waals surface area contributed by atoms with Gasteiger partial charge in [-0.2, -0.15) is 0 Å². The first-order valence-corrected chi connectivity index (χ1v) is 8.13. The van der Waals surface area contributed by atoms with E-state index in [1.165, 1.54) is 5.56 Å². The molecule has 1 heterocycles. The molecule has 2 atom stereocenters. The molecule has 3 rings (SSSR count). The second-order valence-corrected chi connectivity index (χ2v) is 6.83. The third-order valence-corrected chi connectivity index (χ3v) is 4.93. The summed E-state index contributed by atoms with van der Waals surface area (Å²) >= 11 is 3.62. The molecule has 0 aromatic heterocycles. The number of halogens is 1. The van der Waals surface area contributed by atoms with E-state index in [9.17, 15) is 0 Å². The third-order valence-electron chi connectivity index (χ3n) is 4.24. The van der Waals surface area contributed by atoms with Crippen molar-refractivity contribution in [3.63, 3.8) is 0 Å². The van der Waals surface area contributed by atoms with Crippen molar-refractivity contribution in [2.24, 2.45) is 5.73 Å². The Bertz CT molecular complexity index is 639. The number of rotatable bonds is 3. The van der Waals surface area contributed by atoms with E-state index >= 15 is 0 Å². The summed E-state index contributed by atoms with van der Waals surface area (Å²) in [6.45, 7) is 2.89. The predicted molar refractivity (Wildman–Crippen MR) is 89.6 cm³/mol. The number of benzene rings is 2. The van der Waals surface area contributed by atoms with E-state index in [1.807, 2.05) is 24.3 Å². The average molecular weight is 346 g/mol. The first-order chi connectivity index (χ1) is 10.1. The summed E-state index contributed by atoms with van der Waals surface area (Å²) in [6, 6.07) is 16.5. The van der Waals surface area contributed by atoms with Gasteiger partial charge in [-0.1, -0.05) is 52.3 Å². The minimum absolute atomic E-state index is 0.366. The van der Waals surface area contributed by atoms with Crippen molar-refractivity contribution in [2.75, 3.05) is 6.61 Å². The molecule has 1 aliphatic rings. The van der Waals surface area contributed by atoms with Gasteiger partial charge in [0.15, 0.2) is 0 Å². The first-order valence-electron chi connectivity index (χ1n) is 7.33. The highest BCUT2D eigenvalue weighted by Crippen LogP contribution is 2.41. The van der Waals surface area contributed by atoms with Gasteiger partial charge >= 0.3 is 0 Å². The van der Waals surface area contributed by atoms with Crippen molar-refractivity contribution in [3.05, 3.63) is 64.1 Å². The van der Waals surface area contributed by atoms with Gasteiger partial charge in [0, 0.05) is 10.0 Å². The Morgan fingerprint density at radius 1 is 1.19 bits per heavy atom. The number of hydrogen-bond donors (Lipinski definition) is 1. The van der Waals surface area contributed by atoms with Crippen LogP contribution >= 0.6 is 15.9 Å². The number of para-hydroxylation sites is 1. The molecule has 21 heavy (non-hydrogen) atoms. The molecule has 1 aliphatic heterocycles. The van der Waals surface area contributed by atoms with Gasteiger partial charge < -0.3 is 10.5 Å². The second-order valence-electron chi connectivity index (χ2n) is 5.97. The fraction of sp³-hybridized carbons (Fsp3) is 0.333. The number of ether oxygens (including phenoxy) is 1. The van der Waals surface area contributed by atoms with Gasteiger partial charge in [-0.25, -0.2) is 0 Å². The quantitative estimate of drug-likeness (QED) is 0.883. The summed E-state index contributed by atoms with van der Waals surface area (Å²) in [5.41, 5.74) is 8.74. The van der Waals surface area contributed by atoms with Crippen LogP contribution < -0.4 is 10.5 Å². The lowest BCUT2D eigenvalue weighted by Crippen LogP contribution is -2.36. The van der Waals surface area contributed by atoms with Gasteiger partial charge in [0.05, 0.1) is 6.61 Å². The minimum Gasteiger partial charge on any atom is -0.493 e. The standard InChI is InChI=1S/C18H20BrNO/c1-18(20,15-7-3-4-8-16(15)19)12-13-10-11-21-17-9-5-2-6-14(13)17/h2-9,13H,10-12,20H2,1H3. The topological polar surface area (TPSA) is 35.2 Å². The van der Waals surface area contributed by atoms with Crippen molar-refractivity contribution >= 4 is 15.9 Å². The van der Waals surface area contributed by atoms with Crippen LogP contribution in [0.15, 0.2) is 53.0 Å². The summed E-state index contributed by atoms with van der Waals surface area (Å²) in [7, 11) is 0. The maximum Gasteiger partial charge on any atom is 0.122 e. The van der Waals surface area contributed by atoms with Crippen LogP contribution in [-0.4, -0.2) is 6.61 Å². The molecule has 0 aliphatic carbocycles. The normalized spacial score (nSPS) is 20.2. The van der Waals surface area contributed by atoms with E-state index in [2.05, 4.69) is 47.1 Å². The number of fused-ring (bicyclic) bond motifs is 1. The highest BCUT2D eigenvalue weighted by molar-refractivity contribution is 9.10. The maximum atomic E-state index is 6.66. The van der Waals surface area contributed by atoms with Crippen LogP contribution in [0.2, 0.25) is 0 Å². The summed E-state index contributed by atoms with van der Waals surface area (Å²) in [4.78, 5) is 0. The molecule has 0 radical (unpaired) electrons. The lowest BCUT2D eigenvalue weighted by molar-refractivity contribution is 0.247. The molecule has 0 bridgehead atoms. The second kappa shape index (κ2) is 5.82. The summed E-state index contributed by atoms with van der Waals surface area (Å²) in [5.74, 6) is 1.45. The van der Waals surface area contributed by atoms with Crippen molar-refractivity contribution in [2.45, 2.75) is 31.2 Å². The van der Waals surface area contributed by atoms with E-state index in [-0.39, 0.29) is 5.54 Å². The fourth-order valence-electron chi connectivity index (χ4n) is 3.17. The highest BCUT2D eigenvalue weighted by Gasteiger charge is 2.31. The smallest absolute Gasteiger partial charge is 0.122 e. The van der Waals surface area contributed by atoms with Crippen LogP contribution in [0.1, 0.15) is 36.8 Å². The first kappa shape index (κ1) is 14.6. The Labute approximate surface area is 134 Å². The SMILES string of the molecule is CC(N)(CC1CCOc2ccccc21)c1ccccc1Br. The molecule has 2 N–H and O–H groups in total. The van der Waals surface area contributed by atoms with E-state index in [1.54, 1.807) is 0 Å². The zero-order valence-corrected chi connectivity index (χ0v) is 13.8. The van der Waals surface area contributed by atoms with E-state index in [0.29, 0.717) is 5.92 Å². The van der Waals surface area contributed by atoms with Gasteiger partial charge in [0.2, 0.25) is 0 Å². The minimum atomic E-state index is -0.366. The van der Waals surface area contributed by atoms with Gasteiger partial charge in [-0.15, -0.1) is 0 Å². The highest BCUT2D eigenvalue weighted by atomic mass is 79.9. The van der Waals surface area contributed by atoms with Crippen molar-refractivity contribution < 1.29 is 4.74 Å². The summed E-state index contributed by atoms with van der Waals surface area (Å²) in [5, 5.41) is 0. The van der Waals surface area contributed by atoms with E-state index < -0.39 is 0 Å². The van der Waals surface area contributed by atoms with Crippen LogP contribution in [0.25, 0.3) is 0 Å². The maximum absolute atomic E-state index is 6.66. The third kappa shape index (κ3) is 2.99. The Balaban J connectivity index is 1.89. The largest absolute Gasteiger partial charge is 0.493 e. The molecule has 3 heteroatoms. The van der Waals surface area contributed by atoms with Crippen LogP contribution in [0.5, 0.6) is 5.75 Å². The average Bonchev–Trinajstić information content (AvgIpc) is 2.47. The molecular formula is C18H20BrNO. The van der Waals surface area contributed by atoms with Gasteiger partial charge in [-0.3, -0.25) is 0 Å². The molecule has 2 nitrogen and oxygen atoms in total. The summed E-state index contributed by atoms with van der Waals surface area (Å²) in [6.07, 6.45) is 1.93. The lowest BCUT2D eigenvalue weighted by atomic mass is 9.79. The predicted octanol–water partition coefficient (Wildman–Crippen LogP) is 4.58. The molecule has 0 saturated carbocycles. The van der Waals surface area contributed by atoms with E-state index in [0.717, 1.165) is 35.2 Å². The molecule has 0 saturated heterocycles. The molecule has 110 valence electrons. The van der Waals surface area contributed by atoms with Crippen LogP contribution in [-0.2, 0) is 5.54 Å². The van der Waals surface area contributed by atoms with Crippen LogP contribution in [0.3, 0.4) is 0 Å². The van der Waals surface area contributed by atoms with Crippen molar-refractivity contribution in [3.8, 4) is 5.75 Å².